The molecule has 0 saturated carbocycles. The van der Waals surface area contributed by atoms with Crippen LogP contribution in [-0.2, 0) is 9.53 Å². The van der Waals surface area contributed by atoms with Gasteiger partial charge in [0, 0.05) is 11.4 Å². The molecule has 0 unspecified atom stereocenters. The molecule has 0 aromatic heterocycles. The van der Waals surface area contributed by atoms with Crippen LogP contribution in [0.25, 0.3) is 0 Å². The molecule has 0 heterocycles. The Bertz CT molecular complexity index is 412. The maximum absolute atomic E-state index is 11.1. The van der Waals surface area contributed by atoms with Crippen molar-refractivity contribution in [3.05, 3.63) is 36.9 Å². The van der Waals surface area contributed by atoms with E-state index in [1.807, 2.05) is 0 Å². The maximum atomic E-state index is 11.1. The van der Waals surface area contributed by atoms with Gasteiger partial charge in [-0.15, -0.1) is 0 Å². The molecular formula is C12H14N2O3. The van der Waals surface area contributed by atoms with Gasteiger partial charge in [-0.1, -0.05) is 6.58 Å². The van der Waals surface area contributed by atoms with Crippen LogP contribution in [0.1, 0.15) is 6.92 Å². The van der Waals surface area contributed by atoms with E-state index < -0.39 is 6.09 Å². The van der Waals surface area contributed by atoms with Crippen LogP contribution in [0.15, 0.2) is 36.9 Å². The third-order valence-corrected chi connectivity index (χ3v) is 1.86. The second-order valence-electron chi connectivity index (χ2n) is 3.12. The zero-order valence-corrected chi connectivity index (χ0v) is 9.53. The van der Waals surface area contributed by atoms with Crippen molar-refractivity contribution in [3.8, 4) is 0 Å². The number of amides is 2. The predicted octanol–water partition coefficient (Wildman–Crippen LogP) is 2.38. The topological polar surface area (TPSA) is 67.4 Å². The summed E-state index contributed by atoms with van der Waals surface area (Å²) < 4.78 is 4.72. The maximum Gasteiger partial charge on any atom is 0.411 e. The minimum absolute atomic E-state index is 0.281. The largest absolute Gasteiger partial charge is 0.450 e. The van der Waals surface area contributed by atoms with Crippen LogP contribution in [-0.4, -0.2) is 18.6 Å². The highest BCUT2D eigenvalue weighted by Gasteiger charge is 2.02. The summed E-state index contributed by atoms with van der Waals surface area (Å²) in [6, 6.07) is 6.66. The van der Waals surface area contributed by atoms with Crippen molar-refractivity contribution >= 4 is 23.4 Å². The third kappa shape index (κ3) is 4.38. The SMILES string of the molecule is C=CC(=O)Nc1ccc(NC(=O)OCC)cc1. The van der Waals surface area contributed by atoms with Crippen molar-refractivity contribution in [2.24, 2.45) is 0 Å². The Balaban J connectivity index is 2.58. The number of carbonyl (C=O) groups excluding carboxylic acids is 2. The molecule has 0 atom stereocenters. The van der Waals surface area contributed by atoms with Gasteiger partial charge in [0.15, 0.2) is 0 Å². The molecule has 0 radical (unpaired) electrons. The molecule has 1 rings (SSSR count). The van der Waals surface area contributed by atoms with Crippen molar-refractivity contribution in [1.29, 1.82) is 0 Å². The van der Waals surface area contributed by atoms with Gasteiger partial charge in [0.05, 0.1) is 6.61 Å². The molecule has 0 aliphatic rings. The van der Waals surface area contributed by atoms with Crippen molar-refractivity contribution in [3.63, 3.8) is 0 Å². The molecule has 0 bridgehead atoms. The Hall–Kier alpha value is -2.30. The lowest BCUT2D eigenvalue weighted by molar-refractivity contribution is -0.111. The van der Waals surface area contributed by atoms with Gasteiger partial charge in [0.2, 0.25) is 5.91 Å². The molecule has 0 spiro atoms. The molecule has 0 fully saturated rings. The Labute approximate surface area is 99.5 Å². The van der Waals surface area contributed by atoms with E-state index in [2.05, 4.69) is 17.2 Å². The van der Waals surface area contributed by atoms with Crippen LogP contribution in [0.2, 0.25) is 0 Å². The second-order valence-corrected chi connectivity index (χ2v) is 3.12. The standard InChI is InChI=1S/C12H14N2O3/c1-3-11(15)13-9-5-7-10(8-6-9)14-12(16)17-4-2/h3,5-8H,1,4H2,2H3,(H,13,15)(H,14,16). The summed E-state index contributed by atoms with van der Waals surface area (Å²) in [6.07, 6.45) is 0.681. The number of anilines is 2. The lowest BCUT2D eigenvalue weighted by Gasteiger charge is -2.06. The van der Waals surface area contributed by atoms with Gasteiger partial charge in [0.25, 0.3) is 0 Å². The fourth-order valence-corrected chi connectivity index (χ4v) is 1.12. The van der Waals surface area contributed by atoms with Crippen LogP contribution in [0.3, 0.4) is 0 Å². The molecule has 2 N–H and O–H groups in total. The Morgan fingerprint density at radius 2 is 1.76 bits per heavy atom. The summed E-state index contributed by atoms with van der Waals surface area (Å²) in [5, 5.41) is 5.14. The van der Waals surface area contributed by atoms with E-state index in [0.717, 1.165) is 0 Å². The van der Waals surface area contributed by atoms with Crippen LogP contribution < -0.4 is 10.6 Å². The van der Waals surface area contributed by atoms with E-state index in [1.54, 1.807) is 31.2 Å². The average Bonchev–Trinajstić information content (AvgIpc) is 2.32. The van der Waals surface area contributed by atoms with Gasteiger partial charge >= 0.3 is 6.09 Å². The smallest absolute Gasteiger partial charge is 0.411 e. The summed E-state index contributed by atoms with van der Waals surface area (Å²) >= 11 is 0. The second kappa shape index (κ2) is 6.32. The molecule has 0 aliphatic carbocycles. The number of hydrogen-bond acceptors (Lipinski definition) is 3. The highest BCUT2D eigenvalue weighted by molar-refractivity contribution is 5.99. The molecule has 1 aromatic carbocycles. The van der Waals surface area contributed by atoms with Crippen LogP contribution >= 0.6 is 0 Å². The summed E-state index contributed by atoms with van der Waals surface area (Å²) in [7, 11) is 0. The lowest BCUT2D eigenvalue weighted by atomic mass is 10.3. The van der Waals surface area contributed by atoms with Crippen LogP contribution in [0.4, 0.5) is 16.2 Å². The summed E-state index contributed by atoms with van der Waals surface area (Å²) in [6.45, 7) is 5.40. The number of carbonyl (C=O) groups is 2. The van der Waals surface area contributed by atoms with Gasteiger partial charge in [-0.3, -0.25) is 10.1 Å². The zero-order valence-electron chi connectivity index (χ0n) is 9.53. The van der Waals surface area contributed by atoms with E-state index in [4.69, 9.17) is 4.74 Å². The van der Waals surface area contributed by atoms with E-state index in [0.29, 0.717) is 18.0 Å². The molecule has 2 amide bonds. The van der Waals surface area contributed by atoms with Gasteiger partial charge in [-0.25, -0.2) is 4.79 Å². The summed E-state index contributed by atoms with van der Waals surface area (Å²) in [5.41, 5.74) is 1.23. The first-order chi connectivity index (χ1) is 8.15. The van der Waals surface area contributed by atoms with E-state index >= 15 is 0 Å². The van der Waals surface area contributed by atoms with Gasteiger partial charge < -0.3 is 10.1 Å². The highest BCUT2D eigenvalue weighted by atomic mass is 16.5. The monoisotopic (exact) mass is 234 g/mol. The molecule has 17 heavy (non-hydrogen) atoms. The molecule has 0 saturated heterocycles. The lowest BCUT2D eigenvalue weighted by Crippen LogP contribution is -2.13. The van der Waals surface area contributed by atoms with Gasteiger partial charge in [-0.05, 0) is 37.3 Å². The van der Waals surface area contributed by atoms with Crippen molar-refractivity contribution in [2.45, 2.75) is 6.92 Å². The molecule has 90 valence electrons. The van der Waals surface area contributed by atoms with E-state index in [1.165, 1.54) is 6.08 Å². The Morgan fingerprint density at radius 3 is 2.24 bits per heavy atom. The van der Waals surface area contributed by atoms with E-state index in [-0.39, 0.29) is 5.91 Å². The first kappa shape index (κ1) is 12.8. The highest BCUT2D eigenvalue weighted by Crippen LogP contribution is 2.13. The zero-order chi connectivity index (χ0) is 12.7. The molecule has 5 nitrogen and oxygen atoms in total. The first-order valence-corrected chi connectivity index (χ1v) is 5.13. The minimum Gasteiger partial charge on any atom is -0.450 e. The molecule has 5 heteroatoms. The first-order valence-electron chi connectivity index (χ1n) is 5.13. The van der Waals surface area contributed by atoms with E-state index in [9.17, 15) is 9.59 Å². The fourth-order valence-electron chi connectivity index (χ4n) is 1.12. The van der Waals surface area contributed by atoms with Crippen LogP contribution in [0, 0.1) is 0 Å². The minimum atomic E-state index is -0.504. The number of nitrogens with one attached hydrogen (secondary N) is 2. The van der Waals surface area contributed by atoms with Crippen molar-refractivity contribution in [1.82, 2.24) is 0 Å². The quantitative estimate of drug-likeness (QED) is 0.786. The van der Waals surface area contributed by atoms with Crippen molar-refractivity contribution < 1.29 is 14.3 Å². The predicted molar refractivity (Wildman–Crippen MR) is 65.9 cm³/mol. The normalized spacial score (nSPS) is 9.24. The Morgan fingerprint density at radius 1 is 1.24 bits per heavy atom. The third-order valence-electron chi connectivity index (χ3n) is 1.86. The van der Waals surface area contributed by atoms with Gasteiger partial charge in [0.1, 0.15) is 0 Å². The van der Waals surface area contributed by atoms with Crippen LogP contribution in [0.5, 0.6) is 0 Å². The van der Waals surface area contributed by atoms with Crippen molar-refractivity contribution in [2.75, 3.05) is 17.2 Å². The van der Waals surface area contributed by atoms with Gasteiger partial charge in [-0.2, -0.15) is 0 Å². The molecular weight excluding hydrogens is 220 g/mol. The fraction of sp³-hybridized carbons (Fsp3) is 0.167. The molecule has 1 aromatic rings. The molecule has 0 aliphatic heterocycles. The average molecular weight is 234 g/mol. The number of benzene rings is 1. The summed E-state index contributed by atoms with van der Waals surface area (Å²) in [5.74, 6) is -0.281. The Kier molecular flexibility index (Phi) is 4.75. The summed E-state index contributed by atoms with van der Waals surface area (Å²) in [4.78, 5) is 22.1. The number of rotatable bonds is 4. The number of hydrogen-bond donors (Lipinski definition) is 2. The number of ether oxygens (including phenoxy) is 1.